The molecule has 3 atom stereocenters. The number of likely N-dealkylation sites (tertiary alicyclic amines) is 1. The highest BCUT2D eigenvalue weighted by Gasteiger charge is 2.38. The van der Waals surface area contributed by atoms with Crippen molar-refractivity contribution in [3.63, 3.8) is 0 Å². The van der Waals surface area contributed by atoms with Gasteiger partial charge in [0.05, 0.1) is 24.7 Å². The third kappa shape index (κ3) is 3.05. The van der Waals surface area contributed by atoms with Gasteiger partial charge in [0.1, 0.15) is 0 Å². The molecule has 1 aromatic carbocycles. The number of ether oxygens (including phenoxy) is 2. The van der Waals surface area contributed by atoms with Gasteiger partial charge in [-0.1, -0.05) is 13.0 Å². The van der Waals surface area contributed by atoms with Gasteiger partial charge in [0.2, 0.25) is 0 Å². The molecule has 1 saturated heterocycles. The van der Waals surface area contributed by atoms with Crippen molar-refractivity contribution in [3.8, 4) is 11.5 Å². The van der Waals surface area contributed by atoms with Crippen LogP contribution in [0.4, 0.5) is 0 Å². The van der Waals surface area contributed by atoms with E-state index < -0.39 is 11.9 Å². The highest BCUT2D eigenvalue weighted by molar-refractivity contribution is 5.98. The topological polar surface area (TPSA) is 76.1 Å². The number of carbonyl (C=O) groups is 2. The number of fused-ring (bicyclic) bond motifs is 1. The van der Waals surface area contributed by atoms with Gasteiger partial charge in [-0.3, -0.25) is 9.59 Å². The van der Waals surface area contributed by atoms with E-state index in [1.807, 2.05) is 13.8 Å². The fourth-order valence-corrected chi connectivity index (χ4v) is 3.49. The second-order valence-corrected chi connectivity index (χ2v) is 6.65. The summed E-state index contributed by atoms with van der Waals surface area (Å²) in [5.74, 6) is -0.300. The molecule has 130 valence electrons. The molecule has 0 aliphatic carbocycles. The zero-order valence-electron chi connectivity index (χ0n) is 14.0. The fourth-order valence-electron chi connectivity index (χ4n) is 3.49. The second kappa shape index (κ2) is 6.71. The predicted octanol–water partition coefficient (Wildman–Crippen LogP) is 2.42. The van der Waals surface area contributed by atoms with Gasteiger partial charge in [-0.05, 0) is 31.4 Å². The Balaban J connectivity index is 1.86. The predicted molar refractivity (Wildman–Crippen MR) is 87.5 cm³/mol. The van der Waals surface area contributed by atoms with Gasteiger partial charge in [0.15, 0.2) is 11.5 Å². The van der Waals surface area contributed by atoms with E-state index in [0.29, 0.717) is 43.2 Å². The van der Waals surface area contributed by atoms with Crippen LogP contribution in [0.1, 0.15) is 37.0 Å². The van der Waals surface area contributed by atoms with E-state index in [1.165, 1.54) is 0 Å². The standard InChI is InChI=1S/C18H23NO5/c1-11-10-19(12(2)9-14(11)18(21)22)17(20)13-5-3-6-15-16(13)24-8-4-7-23-15/h3,5-6,11-12,14H,4,7-10H2,1-2H3,(H,21,22)/t11-,12-,14+/m1/s1. The lowest BCUT2D eigenvalue weighted by molar-refractivity contribution is -0.146. The maximum Gasteiger partial charge on any atom is 0.306 e. The number of carboxylic acid groups (broad SMARTS) is 1. The van der Waals surface area contributed by atoms with Gasteiger partial charge >= 0.3 is 5.97 Å². The van der Waals surface area contributed by atoms with Crippen LogP contribution in [0.15, 0.2) is 18.2 Å². The highest BCUT2D eigenvalue weighted by Crippen LogP contribution is 2.36. The molecule has 0 spiro atoms. The van der Waals surface area contributed by atoms with Crippen LogP contribution in [-0.4, -0.2) is 47.7 Å². The summed E-state index contributed by atoms with van der Waals surface area (Å²) in [5.41, 5.74) is 0.488. The van der Waals surface area contributed by atoms with Gasteiger partial charge in [0.25, 0.3) is 5.91 Å². The zero-order valence-corrected chi connectivity index (χ0v) is 14.0. The van der Waals surface area contributed by atoms with Crippen molar-refractivity contribution >= 4 is 11.9 Å². The molecule has 0 saturated carbocycles. The van der Waals surface area contributed by atoms with E-state index in [1.54, 1.807) is 23.1 Å². The first kappa shape index (κ1) is 16.6. The number of hydrogen-bond acceptors (Lipinski definition) is 4. The minimum atomic E-state index is -0.785. The van der Waals surface area contributed by atoms with Crippen LogP contribution in [0.25, 0.3) is 0 Å². The van der Waals surface area contributed by atoms with E-state index in [-0.39, 0.29) is 17.9 Å². The molecule has 2 aliphatic heterocycles. The van der Waals surface area contributed by atoms with Gasteiger partial charge in [-0.2, -0.15) is 0 Å². The fraction of sp³-hybridized carbons (Fsp3) is 0.556. The van der Waals surface area contributed by atoms with Crippen molar-refractivity contribution in [2.45, 2.75) is 32.7 Å². The first-order valence-electron chi connectivity index (χ1n) is 8.41. The number of para-hydroxylation sites is 1. The summed E-state index contributed by atoms with van der Waals surface area (Å²) in [6.45, 7) is 5.31. The lowest BCUT2D eigenvalue weighted by atomic mass is 9.83. The number of carbonyl (C=O) groups excluding carboxylic acids is 1. The van der Waals surface area contributed by atoms with Crippen molar-refractivity contribution in [1.82, 2.24) is 4.90 Å². The Morgan fingerprint density at radius 1 is 1.21 bits per heavy atom. The summed E-state index contributed by atoms with van der Waals surface area (Å²) in [6, 6.07) is 5.22. The van der Waals surface area contributed by atoms with Crippen molar-refractivity contribution in [3.05, 3.63) is 23.8 Å². The first-order chi connectivity index (χ1) is 11.5. The van der Waals surface area contributed by atoms with Crippen molar-refractivity contribution in [1.29, 1.82) is 0 Å². The molecule has 0 bridgehead atoms. The summed E-state index contributed by atoms with van der Waals surface area (Å²) in [6.07, 6.45) is 1.24. The third-order valence-corrected chi connectivity index (χ3v) is 4.88. The minimum Gasteiger partial charge on any atom is -0.490 e. The largest absolute Gasteiger partial charge is 0.490 e. The average Bonchev–Trinajstić information content (AvgIpc) is 2.80. The Labute approximate surface area is 141 Å². The monoisotopic (exact) mass is 333 g/mol. The number of nitrogens with zero attached hydrogens (tertiary/aromatic N) is 1. The number of piperidine rings is 1. The summed E-state index contributed by atoms with van der Waals surface area (Å²) in [7, 11) is 0. The molecule has 2 aliphatic rings. The summed E-state index contributed by atoms with van der Waals surface area (Å²) in [4.78, 5) is 26.2. The third-order valence-electron chi connectivity index (χ3n) is 4.88. The van der Waals surface area contributed by atoms with Crippen LogP contribution >= 0.6 is 0 Å². The molecule has 0 unspecified atom stereocenters. The van der Waals surface area contributed by atoms with E-state index in [4.69, 9.17) is 9.47 Å². The zero-order chi connectivity index (χ0) is 17.3. The molecule has 1 fully saturated rings. The summed E-state index contributed by atoms with van der Waals surface area (Å²) < 4.78 is 11.4. The van der Waals surface area contributed by atoms with E-state index >= 15 is 0 Å². The van der Waals surface area contributed by atoms with Crippen LogP contribution in [0.3, 0.4) is 0 Å². The minimum absolute atomic E-state index is 0.0814. The quantitative estimate of drug-likeness (QED) is 0.899. The van der Waals surface area contributed by atoms with E-state index in [0.717, 1.165) is 6.42 Å². The van der Waals surface area contributed by atoms with Crippen LogP contribution < -0.4 is 9.47 Å². The first-order valence-corrected chi connectivity index (χ1v) is 8.41. The van der Waals surface area contributed by atoms with Crippen LogP contribution in [0.5, 0.6) is 11.5 Å². The average molecular weight is 333 g/mol. The Morgan fingerprint density at radius 3 is 2.71 bits per heavy atom. The van der Waals surface area contributed by atoms with E-state index in [2.05, 4.69) is 0 Å². The molecule has 0 radical (unpaired) electrons. The van der Waals surface area contributed by atoms with Gasteiger partial charge < -0.3 is 19.5 Å². The lowest BCUT2D eigenvalue weighted by Crippen LogP contribution is -2.50. The van der Waals surface area contributed by atoms with Gasteiger partial charge in [0, 0.05) is 19.0 Å². The molecule has 2 heterocycles. The van der Waals surface area contributed by atoms with Crippen molar-refractivity contribution in [2.24, 2.45) is 11.8 Å². The van der Waals surface area contributed by atoms with Crippen LogP contribution in [-0.2, 0) is 4.79 Å². The molecule has 6 heteroatoms. The molecule has 1 N–H and O–H groups in total. The lowest BCUT2D eigenvalue weighted by Gasteiger charge is -2.40. The molecule has 0 aromatic heterocycles. The molecule has 24 heavy (non-hydrogen) atoms. The van der Waals surface area contributed by atoms with Gasteiger partial charge in [-0.25, -0.2) is 0 Å². The Bertz CT molecular complexity index is 644. The molecule has 1 amide bonds. The smallest absolute Gasteiger partial charge is 0.306 e. The highest BCUT2D eigenvalue weighted by atomic mass is 16.5. The molecule has 3 rings (SSSR count). The number of aliphatic carboxylic acids is 1. The van der Waals surface area contributed by atoms with Crippen LogP contribution in [0, 0.1) is 11.8 Å². The van der Waals surface area contributed by atoms with Gasteiger partial charge in [-0.15, -0.1) is 0 Å². The van der Waals surface area contributed by atoms with Crippen molar-refractivity contribution < 1.29 is 24.2 Å². The maximum atomic E-state index is 13.1. The number of amides is 1. The number of carboxylic acids is 1. The molecule has 1 aromatic rings. The Hall–Kier alpha value is -2.24. The van der Waals surface area contributed by atoms with E-state index in [9.17, 15) is 14.7 Å². The summed E-state index contributed by atoms with van der Waals surface area (Å²) >= 11 is 0. The maximum absolute atomic E-state index is 13.1. The number of hydrogen-bond donors (Lipinski definition) is 1. The molecular weight excluding hydrogens is 310 g/mol. The Kier molecular flexibility index (Phi) is 4.64. The Morgan fingerprint density at radius 2 is 1.96 bits per heavy atom. The number of benzene rings is 1. The molecule has 6 nitrogen and oxygen atoms in total. The second-order valence-electron chi connectivity index (χ2n) is 6.65. The van der Waals surface area contributed by atoms with Crippen molar-refractivity contribution in [2.75, 3.05) is 19.8 Å². The number of rotatable bonds is 2. The molecular formula is C18H23NO5. The van der Waals surface area contributed by atoms with Crippen LogP contribution in [0.2, 0.25) is 0 Å². The normalized spacial score (nSPS) is 26.6. The summed E-state index contributed by atoms with van der Waals surface area (Å²) in [5, 5.41) is 9.32. The SMILES string of the molecule is C[C@@H]1CN(C(=O)c2cccc3c2OCCCO3)[C@H](C)C[C@@H]1C(=O)O.